The van der Waals surface area contributed by atoms with Gasteiger partial charge in [-0.05, 0) is 97.1 Å². The van der Waals surface area contributed by atoms with Gasteiger partial charge in [-0.25, -0.2) is 8.78 Å². The van der Waals surface area contributed by atoms with Crippen molar-refractivity contribution in [3.63, 3.8) is 0 Å². The van der Waals surface area contributed by atoms with Crippen molar-refractivity contribution in [3.8, 4) is 11.4 Å². The quantitative estimate of drug-likeness (QED) is 0.189. The number of hydrogen-bond acceptors (Lipinski definition) is 1. The monoisotopic (exact) mass is 611 g/mol. The molecule has 0 saturated carbocycles. The Balaban J connectivity index is 1.35. The summed E-state index contributed by atoms with van der Waals surface area (Å²) in [6, 6.07) is 53.4. The fourth-order valence-corrected chi connectivity index (χ4v) is 7.01. The Morgan fingerprint density at radius 2 is 0.915 bits per heavy atom. The van der Waals surface area contributed by atoms with Gasteiger partial charge in [0.25, 0.3) is 0 Å². The second kappa shape index (κ2) is 10.7. The summed E-state index contributed by atoms with van der Waals surface area (Å²) < 4.78 is 32.5. The van der Waals surface area contributed by atoms with Crippen LogP contribution in [-0.4, -0.2) is 9.13 Å². The van der Waals surface area contributed by atoms with Crippen molar-refractivity contribution in [1.82, 2.24) is 9.13 Å². The number of hydrogen-bond donors (Lipinski definition) is 0. The lowest BCUT2D eigenvalue weighted by Gasteiger charge is -2.27. The van der Waals surface area contributed by atoms with Crippen LogP contribution in [0.2, 0.25) is 0 Å². The van der Waals surface area contributed by atoms with E-state index in [1.165, 1.54) is 24.3 Å². The van der Waals surface area contributed by atoms with E-state index in [0.717, 1.165) is 72.0 Å². The predicted molar refractivity (Wildman–Crippen MR) is 190 cm³/mol. The first kappa shape index (κ1) is 27.1. The molecule has 0 unspecified atom stereocenters. The normalized spacial score (nSPS) is 11.6. The standard InChI is InChI=1S/C42H27F2N3/c43-28-17-21-31(22-18-28)46-38-14-6-5-12-35(38)37-27-33(25-26-40(37)46)45(30-9-2-1-3-10-30)41-16-8-13-36-34-11-4-7-15-39(34)47(42(36)41)32-23-19-29(44)20-24-32/h1-27H. The smallest absolute Gasteiger partial charge is 0.123 e. The Morgan fingerprint density at radius 1 is 0.383 bits per heavy atom. The van der Waals surface area contributed by atoms with Crippen molar-refractivity contribution in [1.29, 1.82) is 0 Å². The fourth-order valence-electron chi connectivity index (χ4n) is 7.01. The van der Waals surface area contributed by atoms with Crippen molar-refractivity contribution in [2.24, 2.45) is 0 Å². The summed E-state index contributed by atoms with van der Waals surface area (Å²) in [5, 5.41) is 4.44. The van der Waals surface area contributed by atoms with E-state index in [9.17, 15) is 8.78 Å². The molecule has 9 rings (SSSR count). The first-order valence-corrected chi connectivity index (χ1v) is 15.6. The highest BCUT2D eigenvalue weighted by Gasteiger charge is 2.22. The minimum atomic E-state index is -0.270. The number of nitrogens with zero attached hydrogens (tertiary/aromatic N) is 3. The van der Waals surface area contributed by atoms with Gasteiger partial charge >= 0.3 is 0 Å². The van der Waals surface area contributed by atoms with Gasteiger partial charge in [-0.2, -0.15) is 0 Å². The molecule has 224 valence electrons. The number of rotatable bonds is 5. The van der Waals surface area contributed by atoms with Crippen LogP contribution in [0.15, 0.2) is 164 Å². The Hall–Kier alpha value is -6.20. The largest absolute Gasteiger partial charge is 0.309 e. The Bertz CT molecular complexity index is 2580. The van der Waals surface area contributed by atoms with Crippen LogP contribution in [0.4, 0.5) is 25.8 Å². The molecule has 0 amide bonds. The number of halogens is 2. The van der Waals surface area contributed by atoms with E-state index in [2.05, 4.69) is 111 Å². The number of aromatic nitrogens is 2. The number of para-hydroxylation sites is 4. The molecule has 0 atom stereocenters. The van der Waals surface area contributed by atoms with E-state index in [4.69, 9.17) is 0 Å². The Morgan fingerprint density at radius 3 is 1.60 bits per heavy atom. The minimum Gasteiger partial charge on any atom is -0.309 e. The highest BCUT2D eigenvalue weighted by molar-refractivity contribution is 6.15. The summed E-state index contributed by atoms with van der Waals surface area (Å²) in [6.45, 7) is 0. The maximum atomic E-state index is 14.1. The summed E-state index contributed by atoms with van der Waals surface area (Å²) in [5.41, 5.74) is 8.95. The highest BCUT2D eigenvalue weighted by atomic mass is 19.1. The molecule has 0 bridgehead atoms. The predicted octanol–water partition coefficient (Wildman–Crippen LogP) is 11.6. The Kier molecular flexibility index (Phi) is 6.18. The van der Waals surface area contributed by atoms with Crippen LogP contribution >= 0.6 is 0 Å². The maximum Gasteiger partial charge on any atom is 0.123 e. The van der Waals surface area contributed by atoms with E-state index in [-0.39, 0.29) is 11.6 Å². The third kappa shape index (κ3) is 4.32. The highest BCUT2D eigenvalue weighted by Crippen LogP contribution is 2.44. The lowest BCUT2D eigenvalue weighted by Crippen LogP contribution is -2.11. The summed E-state index contributed by atoms with van der Waals surface area (Å²) in [7, 11) is 0. The molecule has 0 spiro atoms. The second-order valence-electron chi connectivity index (χ2n) is 11.7. The van der Waals surface area contributed by atoms with Crippen molar-refractivity contribution in [2.45, 2.75) is 0 Å². The lowest BCUT2D eigenvalue weighted by molar-refractivity contribution is 0.627. The van der Waals surface area contributed by atoms with Crippen molar-refractivity contribution in [2.75, 3.05) is 4.90 Å². The molecule has 5 heteroatoms. The summed E-state index contributed by atoms with van der Waals surface area (Å²) >= 11 is 0. The molecule has 3 nitrogen and oxygen atoms in total. The SMILES string of the molecule is Fc1ccc(-n2c3ccccc3c3cc(N(c4ccccc4)c4cccc5c6ccccc6n(-c6ccc(F)cc6)c45)ccc32)cc1. The van der Waals surface area contributed by atoms with Crippen LogP contribution in [-0.2, 0) is 0 Å². The molecule has 0 fully saturated rings. The average Bonchev–Trinajstić information content (AvgIpc) is 3.63. The summed E-state index contributed by atoms with van der Waals surface area (Å²) in [5.74, 6) is -0.531. The lowest BCUT2D eigenvalue weighted by atomic mass is 10.1. The number of benzene rings is 7. The average molecular weight is 612 g/mol. The molecule has 0 N–H and O–H groups in total. The van der Waals surface area contributed by atoms with Gasteiger partial charge in [-0.1, -0.05) is 66.7 Å². The van der Waals surface area contributed by atoms with Gasteiger partial charge in [0, 0.05) is 44.3 Å². The van der Waals surface area contributed by atoms with Gasteiger partial charge in [-0.3, -0.25) is 0 Å². The molecule has 9 aromatic rings. The molecule has 47 heavy (non-hydrogen) atoms. The van der Waals surface area contributed by atoms with Gasteiger partial charge in [0.05, 0.1) is 27.8 Å². The van der Waals surface area contributed by atoms with Crippen LogP contribution in [0.25, 0.3) is 55.0 Å². The second-order valence-corrected chi connectivity index (χ2v) is 11.7. The van der Waals surface area contributed by atoms with Crippen molar-refractivity contribution in [3.05, 3.63) is 175 Å². The van der Waals surface area contributed by atoms with E-state index >= 15 is 0 Å². The Labute approximate surface area is 269 Å². The zero-order valence-electron chi connectivity index (χ0n) is 25.2. The molecule has 0 radical (unpaired) electrons. The van der Waals surface area contributed by atoms with Gasteiger partial charge < -0.3 is 14.0 Å². The molecular formula is C42H27F2N3. The fraction of sp³-hybridized carbons (Fsp3) is 0. The molecular weight excluding hydrogens is 584 g/mol. The minimum absolute atomic E-state index is 0.262. The molecule has 0 aliphatic rings. The van der Waals surface area contributed by atoms with Crippen molar-refractivity contribution < 1.29 is 8.78 Å². The van der Waals surface area contributed by atoms with Crippen LogP contribution < -0.4 is 4.90 Å². The first-order chi connectivity index (χ1) is 23.2. The van der Waals surface area contributed by atoms with Gasteiger partial charge in [-0.15, -0.1) is 0 Å². The van der Waals surface area contributed by atoms with Crippen LogP contribution in [0.5, 0.6) is 0 Å². The molecule has 2 aromatic heterocycles. The number of fused-ring (bicyclic) bond motifs is 6. The van der Waals surface area contributed by atoms with Gasteiger partial charge in [0.2, 0.25) is 0 Å². The van der Waals surface area contributed by atoms with Crippen LogP contribution in [0.1, 0.15) is 0 Å². The van der Waals surface area contributed by atoms with E-state index in [1.807, 2.05) is 42.5 Å². The molecule has 2 heterocycles. The van der Waals surface area contributed by atoms with Crippen molar-refractivity contribution >= 4 is 60.7 Å². The summed E-state index contributed by atoms with van der Waals surface area (Å²) in [6.07, 6.45) is 0. The zero-order valence-corrected chi connectivity index (χ0v) is 25.2. The van der Waals surface area contributed by atoms with E-state index in [0.29, 0.717) is 0 Å². The van der Waals surface area contributed by atoms with Gasteiger partial charge in [0.1, 0.15) is 11.6 Å². The topological polar surface area (TPSA) is 13.1 Å². The zero-order chi connectivity index (χ0) is 31.5. The molecule has 0 aliphatic heterocycles. The number of anilines is 3. The third-order valence-corrected chi connectivity index (χ3v) is 9.01. The van der Waals surface area contributed by atoms with Crippen LogP contribution in [0.3, 0.4) is 0 Å². The molecule has 0 aliphatic carbocycles. The molecule has 7 aromatic carbocycles. The molecule has 0 saturated heterocycles. The van der Waals surface area contributed by atoms with Crippen LogP contribution in [0, 0.1) is 11.6 Å². The maximum absolute atomic E-state index is 14.1. The van der Waals surface area contributed by atoms with Gasteiger partial charge in [0.15, 0.2) is 0 Å². The van der Waals surface area contributed by atoms with E-state index in [1.54, 1.807) is 0 Å². The van der Waals surface area contributed by atoms with E-state index < -0.39 is 0 Å². The first-order valence-electron chi connectivity index (χ1n) is 15.6. The summed E-state index contributed by atoms with van der Waals surface area (Å²) in [4.78, 5) is 2.30. The third-order valence-electron chi connectivity index (χ3n) is 9.01.